The van der Waals surface area contributed by atoms with E-state index in [1.807, 2.05) is 0 Å². The largest absolute Gasteiger partial charge is 0.479 e. The minimum Gasteiger partial charge on any atom is -0.479 e. The molecule has 0 unspecified atom stereocenters. The van der Waals surface area contributed by atoms with E-state index in [4.69, 9.17) is 11.5 Å². The van der Waals surface area contributed by atoms with E-state index in [-0.39, 0.29) is 20.6 Å². The van der Waals surface area contributed by atoms with Gasteiger partial charge in [0.15, 0.2) is 0 Å². The summed E-state index contributed by atoms with van der Waals surface area (Å²) in [6, 6.07) is 18.9. The second-order valence-corrected chi connectivity index (χ2v) is 17.8. The van der Waals surface area contributed by atoms with Crippen LogP contribution in [0.4, 0.5) is 11.4 Å². The highest BCUT2D eigenvalue weighted by Crippen LogP contribution is 2.39. The van der Waals surface area contributed by atoms with Crippen LogP contribution >= 0.6 is 21.6 Å². The molecule has 0 fully saturated rings. The third kappa shape index (κ3) is 5.89. The van der Waals surface area contributed by atoms with Crippen molar-refractivity contribution in [3.63, 3.8) is 0 Å². The van der Waals surface area contributed by atoms with Gasteiger partial charge in [0.1, 0.15) is 0 Å². The summed E-state index contributed by atoms with van der Waals surface area (Å²) in [5, 5.41) is 21.8. The van der Waals surface area contributed by atoms with E-state index in [0.717, 1.165) is 0 Å². The molecule has 16 heteroatoms. The van der Waals surface area contributed by atoms with Gasteiger partial charge in [-0.3, -0.25) is 0 Å². The van der Waals surface area contributed by atoms with Crippen LogP contribution in [-0.2, 0) is 29.3 Å². The first-order valence-electron chi connectivity index (χ1n) is 13.6. The van der Waals surface area contributed by atoms with Crippen molar-refractivity contribution < 1.29 is 36.6 Å². The molecule has 46 heavy (non-hydrogen) atoms. The number of hydrogen-bond acceptors (Lipinski definition) is 12. The Hall–Kier alpha value is -3.54. The average Bonchev–Trinajstić information content (AvgIpc) is 3.00. The van der Waals surface area contributed by atoms with Crippen LogP contribution in [0.1, 0.15) is 0 Å². The molecule has 0 saturated heterocycles. The van der Waals surface area contributed by atoms with Crippen molar-refractivity contribution >= 4 is 86.1 Å². The zero-order valence-corrected chi connectivity index (χ0v) is 28.6. The molecule has 2 atom stereocenters. The first-order chi connectivity index (χ1) is 21.4. The average molecular weight is 707 g/mol. The molecule has 0 amide bonds. The molecular weight excluding hydrogens is 673 g/mol. The highest BCUT2D eigenvalue weighted by atomic mass is 33.1. The molecule has 4 aromatic carbocycles. The third-order valence-electron chi connectivity index (χ3n) is 7.57. The number of anilines is 2. The Morgan fingerprint density at radius 1 is 0.609 bits per heavy atom. The molecule has 4 aromatic rings. The highest BCUT2D eigenvalue weighted by molar-refractivity contribution is 8.76. The quantitative estimate of drug-likeness (QED) is 0.117. The SMILES string of the molecule is CN(C)c1cccc2c(S(=O)(=O)[C@](N)(CSSC[C@](N)(C(=O)O)S(=O)(=O)c3cccc4c(N(C)C)cccc34)C(=O)O)cccc12. The molecule has 6 N–H and O–H groups in total. The van der Waals surface area contributed by atoms with Gasteiger partial charge in [-0.05, 0) is 24.3 Å². The maximum atomic E-state index is 13.9. The Balaban J connectivity index is 1.65. The number of nitrogens with zero attached hydrogens (tertiary/aromatic N) is 2. The summed E-state index contributed by atoms with van der Waals surface area (Å²) < 4.78 is 55.5. The smallest absolute Gasteiger partial charge is 0.340 e. The summed E-state index contributed by atoms with van der Waals surface area (Å²) in [5.41, 5.74) is 13.7. The maximum Gasteiger partial charge on any atom is 0.340 e. The maximum absolute atomic E-state index is 13.9. The Morgan fingerprint density at radius 2 is 0.913 bits per heavy atom. The van der Waals surface area contributed by atoms with Crippen molar-refractivity contribution in [2.24, 2.45) is 11.5 Å². The van der Waals surface area contributed by atoms with E-state index in [9.17, 15) is 36.6 Å². The number of hydrogen-bond donors (Lipinski definition) is 4. The highest BCUT2D eigenvalue weighted by Gasteiger charge is 2.51. The second-order valence-electron chi connectivity index (χ2n) is 11.0. The number of benzene rings is 4. The predicted molar refractivity (Wildman–Crippen MR) is 185 cm³/mol. The van der Waals surface area contributed by atoms with Gasteiger partial charge in [-0.2, -0.15) is 0 Å². The number of fused-ring (bicyclic) bond motifs is 2. The van der Waals surface area contributed by atoms with Gasteiger partial charge in [0.2, 0.25) is 29.4 Å². The van der Waals surface area contributed by atoms with Crippen LogP contribution in [0, 0.1) is 0 Å². The minimum absolute atomic E-state index is 0.271. The second kappa shape index (κ2) is 12.9. The molecule has 0 radical (unpaired) electrons. The van der Waals surface area contributed by atoms with Crippen molar-refractivity contribution in [1.29, 1.82) is 0 Å². The van der Waals surface area contributed by atoms with Gasteiger partial charge in [0.05, 0.1) is 9.79 Å². The topological polar surface area (TPSA) is 201 Å². The molecule has 0 aromatic heterocycles. The van der Waals surface area contributed by atoms with Crippen LogP contribution in [0.2, 0.25) is 0 Å². The lowest BCUT2D eigenvalue weighted by molar-refractivity contribution is -0.140. The Bertz CT molecular complexity index is 1910. The zero-order valence-electron chi connectivity index (χ0n) is 25.4. The number of carboxylic acid groups (broad SMARTS) is 2. The monoisotopic (exact) mass is 706 g/mol. The summed E-state index contributed by atoms with van der Waals surface area (Å²) in [6.07, 6.45) is 0. The van der Waals surface area contributed by atoms with Gasteiger partial charge in [-0.25, -0.2) is 26.4 Å². The zero-order chi connectivity index (χ0) is 34.2. The molecule has 0 aliphatic carbocycles. The van der Waals surface area contributed by atoms with Gasteiger partial charge in [0.25, 0.3) is 0 Å². The summed E-state index contributed by atoms with van der Waals surface area (Å²) in [5.74, 6) is -5.18. The summed E-state index contributed by atoms with van der Waals surface area (Å²) >= 11 is 0. The lowest BCUT2D eigenvalue weighted by atomic mass is 10.1. The van der Waals surface area contributed by atoms with Gasteiger partial charge in [-0.1, -0.05) is 70.1 Å². The molecule has 4 rings (SSSR count). The Morgan fingerprint density at radius 3 is 1.22 bits per heavy atom. The Kier molecular flexibility index (Phi) is 9.92. The molecule has 0 bridgehead atoms. The van der Waals surface area contributed by atoms with E-state index in [2.05, 4.69) is 0 Å². The lowest BCUT2D eigenvalue weighted by Gasteiger charge is -2.27. The van der Waals surface area contributed by atoms with E-state index in [1.54, 1.807) is 86.5 Å². The summed E-state index contributed by atoms with van der Waals surface area (Å²) in [7, 11) is -1.18. The van der Waals surface area contributed by atoms with E-state index < -0.39 is 52.9 Å². The number of nitrogens with two attached hydrogens (primary N) is 2. The van der Waals surface area contributed by atoms with Crippen LogP contribution in [-0.4, -0.2) is 88.4 Å². The number of sulfone groups is 2. The van der Waals surface area contributed by atoms with Gasteiger partial charge >= 0.3 is 11.9 Å². The summed E-state index contributed by atoms with van der Waals surface area (Å²) in [6.45, 7) is 0. The number of rotatable bonds is 13. The van der Waals surface area contributed by atoms with Crippen molar-refractivity contribution in [3.8, 4) is 0 Å². The van der Waals surface area contributed by atoms with Crippen molar-refractivity contribution in [2.45, 2.75) is 19.5 Å². The number of aliphatic carboxylic acids is 2. The van der Waals surface area contributed by atoms with E-state index >= 15 is 0 Å². The normalized spacial score (nSPS) is 14.8. The van der Waals surface area contributed by atoms with Crippen LogP contribution in [0.5, 0.6) is 0 Å². The van der Waals surface area contributed by atoms with E-state index in [0.29, 0.717) is 43.7 Å². The Labute approximate surface area is 275 Å². The van der Waals surface area contributed by atoms with Crippen molar-refractivity contribution in [2.75, 3.05) is 49.5 Å². The molecule has 0 heterocycles. The fraction of sp³-hybridized carbons (Fsp3) is 0.267. The summed E-state index contributed by atoms with van der Waals surface area (Å²) in [4.78, 5) is 22.2. The van der Waals surface area contributed by atoms with E-state index in [1.165, 1.54) is 24.3 Å². The molecule has 246 valence electrons. The molecular formula is C30H34N4O8S4. The van der Waals surface area contributed by atoms with Crippen LogP contribution in [0.25, 0.3) is 21.5 Å². The van der Waals surface area contributed by atoms with Crippen molar-refractivity contribution in [1.82, 2.24) is 0 Å². The molecule has 0 spiro atoms. The molecule has 0 saturated carbocycles. The standard InChI is InChI=1S/C30H34N4O8S4/c1-33(2)23-13-5-11-21-19(23)9-7-15-25(21)45(39,40)29(31,27(35)36)17-43-44-18-30(32,28(37)38)46(41,42)26-16-8-10-20-22(26)12-6-14-24(20)34(3)4/h5-16H,17-18,31-32H2,1-4H3,(H,35,36)(H,37,38)/t29-,30-/m1/s1. The van der Waals surface area contributed by atoms with Crippen LogP contribution in [0.15, 0.2) is 82.6 Å². The van der Waals surface area contributed by atoms with Gasteiger partial charge in [0, 0.05) is 72.6 Å². The first kappa shape index (κ1) is 35.3. The predicted octanol–water partition coefficient (Wildman–Crippen LogP) is 3.23. The minimum atomic E-state index is -4.75. The fourth-order valence-corrected chi connectivity index (χ4v) is 12.1. The molecule has 0 aliphatic rings. The molecule has 12 nitrogen and oxygen atoms in total. The van der Waals surface area contributed by atoms with Gasteiger partial charge in [-0.15, -0.1) is 0 Å². The van der Waals surface area contributed by atoms with Crippen LogP contribution < -0.4 is 21.3 Å². The fourth-order valence-electron chi connectivity index (χ4n) is 4.94. The van der Waals surface area contributed by atoms with Crippen LogP contribution in [0.3, 0.4) is 0 Å². The molecule has 0 aliphatic heterocycles. The van der Waals surface area contributed by atoms with Gasteiger partial charge < -0.3 is 31.5 Å². The first-order valence-corrected chi connectivity index (χ1v) is 19.0. The van der Waals surface area contributed by atoms with Crippen molar-refractivity contribution in [3.05, 3.63) is 72.8 Å². The lowest BCUT2D eigenvalue weighted by Crippen LogP contribution is -2.57. The number of carboxylic acids is 2. The number of carbonyl (C=O) groups is 2. The third-order valence-corrected chi connectivity index (χ3v) is 14.9.